The predicted molar refractivity (Wildman–Crippen MR) is 130 cm³/mol. The molecule has 170 valence electrons. The van der Waals surface area contributed by atoms with Gasteiger partial charge in [-0.05, 0) is 41.5 Å². The second-order valence-corrected chi connectivity index (χ2v) is 7.93. The van der Waals surface area contributed by atoms with E-state index in [-0.39, 0.29) is 11.8 Å². The monoisotopic (exact) mass is 464 g/mol. The van der Waals surface area contributed by atoms with Crippen molar-refractivity contribution in [2.24, 2.45) is 0 Å². The van der Waals surface area contributed by atoms with Gasteiger partial charge in [-0.1, -0.05) is 41.9 Å². The Bertz CT molecular complexity index is 1270. The van der Waals surface area contributed by atoms with Crippen LogP contribution in [0.15, 0.2) is 66.9 Å². The summed E-state index contributed by atoms with van der Waals surface area (Å²) < 4.78 is 15.9. The second-order valence-electron chi connectivity index (χ2n) is 7.52. The average Bonchev–Trinajstić information content (AvgIpc) is 3.27. The summed E-state index contributed by atoms with van der Waals surface area (Å²) >= 11 is 6.29. The van der Waals surface area contributed by atoms with E-state index in [2.05, 4.69) is 16.4 Å². The number of carbonyl (C=O) groups excluding carboxylic acids is 1. The highest BCUT2D eigenvalue weighted by molar-refractivity contribution is 6.32. The molecule has 33 heavy (non-hydrogen) atoms. The minimum atomic E-state index is -0.254. The molecule has 0 fully saturated rings. The van der Waals surface area contributed by atoms with Crippen molar-refractivity contribution in [2.45, 2.75) is 5.92 Å². The van der Waals surface area contributed by atoms with E-state index in [1.807, 2.05) is 48.7 Å². The molecule has 0 spiro atoms. The van der Waals surface area contributed by atoms with Crippen LogP contribution in [0.3, 0.4) is 0 Å². The first-order chi connectivity index (χ1) is 16.0. The number of fused-ring (bicyclic) bond motifs is 1. The first kappa shape index (κ1) is 22.6. The zero-order chi connectivity index (χ0) is 23.4. The summed E-state index contributed by atoms with van der Waals surface area (Å²) in [6.07, 6.45) is 2.00. The zero-order valence-corrected chi connectivity index (χ0v) is 19.4. The molecule has 1 amide bonds. The molecule has 1 atom stereocenters. The Morgan fingerprint density at radius 3 is 2.45 bits per heavy atom. The van der Waals surface area contributed by atoms with E-state index in [0.717, 1.165) is 27.8 Å². The Hall–Kier alpha value is -3.64. The maximum absolute atomic E-state index is 13.0. The lowest BCUT2D eigenvalue weighted by molar-refractivity contribution is 0.0952. The molecule has 2 N–H and O–H groups in total. The van der Waals surface area contributed by atoms with Gasteiger partial charge in [-0.3, -0.25) is 4.79 Å². The Morgan fingerprint density at radius 1 is 1.00 bits per heavy atom. The van der Waals surface area contributed by atoms with Gasteiger partial charge in [-0.2, -0.15) is 0 Å². The zero-order valence-electron chi connectivity index (χ0n) is 18.6. The summed E-state index contributed by atoms with van der Waals surface area (Å²) in [5.41, 5.74) is 3.60. The fraction of sp³-hybridized carbons (Fsp3) is 0.192. The number of hydrogen-bond acceptors (Lipinski definition) is 4. The van der Waals surface area contributed by atoms with Crippen molar-refractivity contribution in [1.29, 1.82) is 0 Å². The van der Waals surface area contributed by atoms with Crippen LogP contribution in [0.2, 0.25) is 5.02 Å². The van der Waals surface area contributed by atoms with Crippen molar-refractivity contribution in [3.05, 3.63) is 88.6 Å². The van der Waals surface area contributed by atoms with E-state index in [1.165, 1.54) is 14.2 Å². The number of nitrogens with one attached hydrogen (secondary N) is 2. The molecule has 1 aromatic heterocycles. The minimum absolute atomic E-state index is 0.0772. The summed E-state index contributed by atoms with van der Waals surface area (Å²) in [7, 11) is 4.65. The Morgan fingerprint density at radius 2 is 1.76 bits per heavy atom. The van der Waals surface area contributed by atoms with Crippen molar-refractivity contribution < 1.29 is 19.0 Å². The maximum Gasteiger partial charge on any atom is 0.251 e. The van der Waals surface area contributed by atoms with E-state index < -0.39 is 0 Å². The average molecular weight is 465 g/mol. The number of hydrogen-bond donors (Lipinski definition) is 2. The van der Waals surface area contributed by atoms with Gasteiger partial charge in [0.2, 0.25) is 0 Å². The van der Waals surface area contributed by atoms with Crippen molar-refractivity contribution in [1.82, 2.24) is 10.3 Å². The number of H-pyrrole nitrogens is 1. The Labute approximate surface area is 197 Å². The third kappa shape index (κ3) is 4.61. The smallest absolute Gasteiger partial charge is 0.251 e. The summed E-state index contributed by atoms with van der Waals surface area (Å²) in [5.74, 6) is 1.24. The highest BCUT2D eigenvalue weighted by atomic mass is 35.5. The van der Waals surface area contributed by atoms with Crippen LogP contribution < -0.4 is 19.5 Å². The number of carbonyl (C=O) groups is 1. The number of para-hydroxylation sites is 1. The molecule has 0 aliphatic heterocycles. The van der Waals surface area contributed by atoms with Crippen LogP contribution in [0.4, 0.5) is 0 Å². The number of rotatable bonds is 8. The first-order valence-corrected chi connectivity index (χ1v) is 10.8. The fourth-order valence-electron chi connectivity index (χ4n) is 3.97. The van der Waals surface area contributed by atoms with Crippen molar-refractivity contribution >= 4 is 28.4 Å². The summed E-state index contributed by atoms with van der Waals surface area (Å²) in [5, 5.41) is 4.48. The molecule has 4 rings (SSSR count). The molecular weight excluding hydrogens is 440 g/mol. The molecule has 6 nitrogen and oxygen atoms in total. The van der Waals surface area contributed by atoms with Crippen LogP contribution in [0, 0.1) is 0 Å². The number of methoxy groups -OCH3 is 3. The molecular formula is C26H25ClN2O4. The fourth-order valence-corrected chi connectivity index (χ4v) is 4.26. The van der Waals surface area contributed by atoms with Crippen LogP contribution in [0.25, 0.3) is 10.9 Å². The Balaban J connectivity index is 1.64. The van der Waals surface area contributed by atoms with Gasteiger partial charge in [0.15, 0.2) is 11.5 Å². The van der Waals surface area contributed by atoms with Crippen molar-refractivity contribution in [2.75, 3.05) is 27.9 Å². The van der Waals surface area contributed by atoms with Crippen molar-refractivity contribution in [3.8, 4) is 17.2 Å². The van der Waals surface area contributed by atoms with Crippen molar-refractivity contribution in [3.63, 3.8) is 0 Å². The highest BCUT2D eigenvalue weighted by Gasteiger charge is 2.21. The van der Waals surface area contributed by atoms with Crippen LogP contribution in [-0.2, 0) is 0 Å². The molecule has 1 heterocycles. The number of ether oxygens (including phenoxy) is 3. The van der Waals surface area contributed by atoms with E-state index in [1.54, 1.807) is 19.2 Å². The molecule has 4 aromatic rings. The number of amides is 1. The molecule has 0 bridgehead atoms. The van der Waals surface area contributed by atoms with Gasteiger partial charge in [-0.15, -0.1) is 0 Å². The van der Waals surface area contributed by atoms with Gasteiger partial charge in [0.05, 0.1) is 26.4 Å². The minimum Gasteiger partial charge on any atom is -0.497 e. The second kappa shape index (κ2) is 9.88. The number of benzene rings is 3. The SMILES string of the molecule is COc1ccc(C(CNC(=O)c2cc(Cl)c(OC)c(OC)c2)c2c[nH]c3ccccc23)cc1. The van der Waals surface area contributed by atoms with Crippen LogP contribution >= 0.6 is 11.6 Å². The van der Waals surface area contributed by atoms with Gasteiger partial charge in [-0.25, -0.2) is 0 Å². The molecule has 0 saturated heterocycles. The lowest BCUT2D eigenvalue weighted by Crippen LogP contribution is -2.29. The molecule has 7 heteroatoms. The predicted octanol–water partition coefficient (Wildman–Crippen LogP) is 5.41. The van der Waals surface area contributed by atoms with E-state index >= 15 is 0 Å². The topological polar surface area (TPSA) is 72.6 Å². The van der Waals surface area contributed by atoms with E-state index in [4.69, 9.17) is 25.8 Å². The van der Waals surface area contributed by atoms with Crippen LogP contribution in [0.5, 0.6) is 17.2 Å². The lowest BCUT2D eigenvalue weighted by atomic mass is 9.90. The molecule has 0 aliphatic rings. The number of halogens is 1. The first-order valence-electron chi connectivity index (χ1n) is 10.5. The molecule has 0 aliphatic carbocycles. The summed E-state index contributed by atoms with van der Waals surface area (Å²) in [4.78, 5) is 16.4. The third-order valence-corrected chi connectivity index (χ3v) is 5.96. The third-order valence-electron chi connectivity index (χ3n) is 5.68. The Kier molecular flexibility index (Phi) is 6.75. The molecule has 0 radical (unpaired) electrons. The quantitative estimate of drug-likeness (QED) is 0.365. The number of aromatic amines is 1. The van der Waals surface area contributed by atoms with Gasteiger partial charge in [0, 0.05) is 35.1 Å². The summed E-state index contributed by atoms with van der Waals surface area (Å²) in [6, 6.07) is 19.2. The van der Waals surface area contributed by atoms with Gasteiger partial charge in [0.25, 0.3) is 5.91 Å². The standard InChI is InChI=1S/C26H25ClN2O4/c1-31-18-10-8-16(9-11-18)20(21-15-28-23-7-5-4-6-19(21)23)14-29-26(30)17-12-22(27)25(33-3)24(13-17)32-2/h4-13,15,20,28H,14H2,1-3H3,(H,29,30). The van der Waals surface area contributed by atoms with E-state index in [0.29, 0.717) is 28.6 Å². The molecule has 3 aromatic carbocycles. The summed E-state index contributed by atoms with van der Waals surface area (Å²) in [6.45, 7) is 0.388. The van der Waals surface area contributed by atoms with Gasteiger partial charge < -0.3 is 24.5 Å². The van der Waals surface area contributed by atoms with Crippen LogP contribution in [0.1, 0.15) is 27.4 Å². The van der Waals surface area contributed by atoms with Gasteiger partial charge >= 0.3 is 0 Å². The van der Waals surface area contributed by atoms with Gasteiger partial charge in [0.1, 0.15) is 5.75 Å². The largest absolute Gasteiger partial charge is 0.497 e. The lowest BCUT2D eigenvalue weighted by Gasteiger charge is -2.19. The molecule has 1 unspecified atom stereocenters. The highest BCUT2D eigenvalue weighted by Crippen LogP contribution is 2.36. The maximum atomic E-state index is 13.0. The molecule has 0 saturated carbocycles. The van der Waals surface area contributed by atoms with E-state index in [9.17, 15) is 4.79 Å². The normalized spacial score (nSPS) is 11.8. The van der Waals surface area contributed by atoms with Crippen LogP contribution in [-0.4, -0.2) is 38.8 Å². The number of aromatic nitrogens is 1.